The average molecular weight is 389 g/mol. The Labute approximate surface area is 177 Å². The largest absolute Gasteiger partial charge is 0.289 e. The number of carbonyl (C=O) groups is 1. The topological polar surface area (TPSA) is 17.1 Å². The summed E-state index contributed by atoms with van der Waals surface area (Å²) in [4.78, 5) is 13.4. The number of allylic oxidation sites excluding steroid dienone is 2. The van der Waals surface area contributed by atoms with E-state index in [0.717, 1.165) is 35.1 Å². The van der Waals surface area contributed by atoms with Crippen molar-refractivity contribution < 1.29 is 4.79 Å². The number of ketones is 1. The number of fused-ring (bicyclic) bond motifs is 2. The normalized spacial score (nSPS) is 19.8. The van der Waals surface area contributed by atoms with Crippen LogP contribution in [-0.4, -0.2) is 5.78 Å². The van der Waals surface area contributed by atoms with E-state index in [-0.39, 0.29) is 5.78 Å². The molecule has 0 aromatic heterocycles. The van der Waals surface area contributed by atoms with E-state index < -0.39 is 0 Å². The van der Waals surface area contributed by atoms with Gasteiger partial charge < -0.3 is 0 Å². The van der Waals surface area contributed by atoms with E-state index in [9.17, 15) is 4.79 Å². The van der Waals surface area contributed by atoms with Gasteiger partial charge in [0, 0.05) is 11.1 Å². The summed E-state index contributed by atoms with van der Waals surface area (Å²) in [6.45, 7) is 2.24. The SMILES string of the molecule is CC1C/C(=C\c2cccc3ccccc23)C(=O)/C(=C/c2cccc3ccccc23)C1. The van der Waals surface area contributed by atoms with Gasteiger partial charge in [-0.1, -0.05) is 91.9 Å². The molecule has 1 nitrogen and oxygen atoms in total. The van der Waals surface area contributed by atoms with E-state index in [0.29, 0.717) is 5.92 Å². The Kier molecular flexibility index (Phi) is 4.80. The Morgan fingerprint density at radius 2 is 1.07 bits per heavy atom. The number of carbonyl (C=O) groups excluding carboxylic acids is 1. The molecule has 0 unspecified atom stereocenters. The minimum absolute atomic E-state index is 0.189. The molecule has 1 heteroatoms. The van der Waals surface area contributed by atoms with Crippen LogP contribution in [0.3, 0.4) is 0 Å². The van der Waals surface area contributed by atoms with Gasteiger partial charge in [0.25, 0.3) is 0 Å². The molecule has 4 aromatic rings. The van der Waals surface area contributed by atoms with Crippen LogP contribution in [0.5, 0.6) is 0 Å². The molecule has 0 saturated heterocycles. The van der Waals surface area contributed by atoms with Gasteiger partial charge in [-0.2, -0.15) is 0 Å². The van der Waals surface area contributed by atoms with Crippen molar-refractivity contribution in [3.05, 3.63) is 107 Å². The van der Waals surface area contributed by atoms with Crippen LogP contribution in [0, 0.1) is 5.92 Å². The minimum Gasteiger partial charge on any atom is -0.289 e. The van der Waals surface area contributed by atoms with Crippen LogP contribution in [0.15, 0.2) is 96.1 Å². The third-order valence-electron chi connectivity index (χ3n) is 6.03. The number of hydrogen-bond donors (Lipinski definition) is 0. The monoisotopic (exact) mass is 388 g/mol. The highest BCUT2D eigenvalue weighted by Gasteiger charge is 2.25. The Hall–Kier alpha value is -3.45. The fourth-order valence-electron chi connectivity index (χ4n) is 4.59. The fraction of sp³-hybridized carbons (Fsp3) is 0.138. The van der Waals surface area contributed by atoms with Crippen LogP contribution in [0.4, 0.5) is 0 Å². The second-order valence-electron chi connectivity index (χ2n) is 8.32. The molecule has 1 aliphatic rings. The fourth-order valence-corrected chi connectivity index (χ4v) is 4.59. The molecule has 1 saturated carbocycles. The molecule has 4 aromatic carbocycles. The van der Waals surface area contributed by atoms with Gasteiger partial charge in [-0.15, -0.1) is 0 Å². The van der Waals surface area contributed by atoms with Crippen molar-refractivity contribution in [2.24, 2.45) is 5.92 Å². The van der Waals surface area contributed by atoms with Crippen LogP contribution < -0.4 is 0 Å². The summed E-state index contributed by atoms with van der Waals surface area (Å²) in [6.07, 6.45) is 5.87. The zero-order chi connectivity index (χ0) is 20.5. The summed E-state index contributed by atoms with van der Waals surface area (Å²) in [6, 6.07) is 29.3. The first-order chi connectivity index (χ1) is 14.7. The van der Waals surface area contributed by atoms with Gasteiger partial charge in [-0.3, -0.25) is 4.79 Å². The summed E-state index contributed by atoms with van der Waals surface area (Å²) in [5.41, 5.74) is 4.07. The highest BCUT2D eigenvalue weighted by atomic mass is 16.1. The maximum atomic E-state index is 13.4. The van der Waals surface area contributed by atoms with Gasteiger partial charge in [0.05, 0.1) is 0 Å². The molecule has 146 valence electrons. The second kappa shape index (κ2) is 7.76. The van der Waals surface area contributed by atoms with Gasteiger partial charge in [0.15, 0.2) is 5.78 Å². The smallest absolute Gasteiger partial charge is 0.185 e. The van der Waals surface area contributed by atoms with Gasteiger partial charge in [-0.25, -0.2) is 0 Å². The number of benzene rings is 4. The maximum Gasteiger partial charge on any atom is 0.185 e. The molecule has 0 amide bonds. The molecule has 0 N–H and O–H groups in total. The molecule has 1 fully saturated rings. The van der Waals surface area contributed by atoms with Crippen LogP contribution in [0.25, 0.3) is 33.7 Å². The van der Waals surface area contributed by atoms with Crippen molar-refractivity contribution in [2.75, 3.05) is 0 Å². The molecule has 1 aliphatic carbocycles. The average Bonchev–Trinajstić information content (AvgIpc) is 2.77. The number of hydrogen-bond acceptors (Lipinski definition) is 1. The molecule has 0 atom stereocenters. The van der Waals surface area contributed by atoms with Crippen molar-refractivity contribution in [1.82, 2.24) is 0 Å². The van der Waals surface area contributed by atoms with Crippen molar-refractivity contribution in [3.8, 4) is 0 Å². The van der Waals surface area contributed by atoms with Gasteiger partial charge in [0.1, 0.15) is 0 Å². The lowest BCUT2D eigenvalue weighted by molar-refractivity contribution is -0.113. The molecule has 5 rings (SSSR count). The lowest BCUT2D eigenvalue weighted by atomic mass is 9.80. The van der Waals surface area contributed by atoms with E-state index in [1.54, 1.807) is 0 Å². The second-order valence-corrected chi connectivity index (χ2v) is 8.32. The van der Waals surface area contributed by atoms with Gasteiger partial charge in [0.2, 0.25) is 0 Å². The lowest BCUT2D eigenvalue weighted by Gasteiger charge is -2.23. The standard InChI is InChI=1S/C29H24O/c1-20-16-25(18-23-12-6-10-21-8-2-4-14-27(21)23)29(30)26(17-20)19-24-13-7-11-22-9-3-5-15-28(22)24/h2-15,18-20H,16-17H2,1H3/b25-18+,26-19+. The summed E-state index contributed by atoms with van der Waals surface area (Å²) >= 11 is 0. The highest BCUT2D eigenvalue weighted by molar-refractivity contribution is 6.15. The van der Waals surface area contributed by atoms with Crippen molar-refractivity contribution in [3.63, 3.8) is 0 Å². The predicted molar refractivity (Wildman–Crippen MR) is 127 cm³/mol. The predicted octanol–water partition coefficient (Wildman–Crippen LogP) is 7.46. The molecule has 0 radical (unpaired) electrons. The Balaban J connectivity index is 1.58. The van der Waals surface area contributed by atoms with Crippen molar-refractivity contribution in [1.29, 1.82) is 0 Å². The third kappa shape index (κ3) is 3.48. The molecule has 0 bridgehead atoms. The summed E-state index contributed by atoms with van der Waals surface area (Å²) in [5, 5.41) is 4.79. The molecule has 0 heterocycles. The first kappa shape index (κ1) is 18.6. The summed E-state index contributed by atoms with van der Waals surface area (Å²) < 4.78 is 0. The van der Waals surface area contributed by atoms with Crippen LogP contribution >= 0.6 is 0 Å². The zero-order valence-corrected chi connectivity index (χ0v) is 17.1. The number of Topliss-reactive ketones (excluding diaryl/α,β-unsaturated/α-hetero) is 1. The van der Waals surface area contributed by atoms with E-state index >= 15 is 0 Å². The quantitative estimate of drug-likeness (QED) is 0.326. The first-order valence-corrected chi connectivity index (χ1v) is 10.6. The number of rotatable bonds is 2. The minimum atomic E-state index is 0.189. The zero-order valence-electron chi connectivity index (χ0n) is 17.1. The molecule has 0 spiro atoms. The Morgan fingerprint density at radius 1 is 0.633 bits per heavy atom. The van der Waals surface area contributed by atoms with E-state index in [1.165, 1.54) is 21.5 Å². The van der Waals surface area contributed by atoms with Crippen LogP contribution in [-0.2, 0) is 4.79 Å². The molecule has 0 aliphatic heterocycles. The van der Waals surface area contributed by atoms with Crippen molar-refractivity contribution >= 4 is 39.5 Å². The maximum absolute atomic E-state index is 13.4. The lowest BCUT2D eigenvalue weighted by Crippen LogP contribution is -2.18. The van der Waals surface area contributed by atoms with E-state index in [4.69, 9.17) is 0 Å². The third-order valence-corrected chi connectivity index (χ3v) is 6.03. The molecule has 30 heavy (non-hydrogen) atoms. The van der Waals surface area contributed by atoms with Crippen LogP contribution in [0.1, 0.15) is 30.9 Å². The van der Waals surface area contributed by atoms with Gasteiger partial charge in [-0.05, 0) is 63.6 Å². The molecular formula is C29H24O. The Morgan fingerprint density at radius 3 is 1.57 bits per heavy atom. The van der Waals surface area contributed by atoms with E-state index in [1.807, 2.05) is 0 Å². The van der Waals surface area contributed by atoms with Gasteiger partial charge >= 0.3 is 0 Å². The van der Waals surface area contributed by atoms with E-state index in [2.05, 4.69) is 104 Å². The highest BCUT2D eigenvalue weighted by Crippen LogP contribution is 2.34. The first-order valence-electron chi connectivity index (χ1n) is 10.6. The van der Waals surface area contributed by atoms with Crippen LogP contribution in [0.2, 0.25) is 0 Å². The summed E-state index contributed by atoms with van der Waals surface area (Å²) in [7, 11) is 0. The van der Waals surface area contributed by atoms with Crippen molar-refractivity contribution in [2.45, 2.75) is 19.8 Å². The summed E-state index contributed by atoms with van der Waals surface area (Å²) in [5.74, 6) is 0.638. The molecular weight excluding hydrogens is 364 g/mol. The Bertz CT molecular complexity index is 1210.